The summed E-state index contributed by atoms with van der Waals surface area (Å²) in [5.74, 6) is -6.99. The number of nitrogens with one attached hydrogen (secondary N) is 1. The molecule has 1 amide bonds. The molecule has 2 atom stereocenters. The van der Waals surface area contributed by atoms with Crippen LogP contribution in [0.5, 0.6) is 5.75 Å². The maximum atomic E-state index is 16.3. The van der Waals surface area contributed by atoms with Crippen LogP contribution < -0.4 is 15.2 Å². The van der Waals surface area contributed by atoms with E-state index in [2.05, 4.69) is 4.72 Å². The molecule has 4 N–H and O–H groups in total. The molecule has 1 aliphatic carbocycles. The van der Waals surface area contributed by atoms with Crippen molar-refractivity contribution in [1.82, 2.24) is 9.62 Å². The zero-order valence-electron chi connectivity index (χ0n) is 27.5. The molecule has 278 valence electrons. The van der Waals surface area contributed by atoms with Crippen LogP contribution in [-0.4, -0.2) is 67.8 Å². The predicted octanol–water partition coefficient (Wildman–Crippen LogP) is 7.11. The van der Waals surface area contributed by atoms with Gasteiger partial charge in [-0.2, -0.15) is 26.7 Å². The van der Waals surface area contributed by atoms with E-state index in [-0.39, 0.29) is 30.1 Å². The molecule has 1 unspecified atom stereocenters. The number of hydrogen-bond acceptors (Lipinski definition) is 6. The van der Waals surface area contributed by atoms with Gasteiger partial charge in [-0.05, 0) is 90.4 Å². The molecule has 1 saturated heterocycles. The molecule has 9 nitrogen and oxygen atoms in total. The van der Waals surface area contributed by atoms with Crippen molar-refractivity contribution < 1.29 is 49.8 Å². The number of carbonyl (C=O) groups excluding carboxylic acids is 1. The highest BCUT2D eigenvalue weighted by Crippen LogP contribution is 2.36. The largest absolute Gasteiger partial charge is 0.490 e. The summed E-state index contributed by atoms with van der Waals surface area (Å²) in [6.07, 6.45) is -0.212. The van der Waals surface area contributed by atoms with Crippen molar-refractivity contribution in [1.29, 1.82) is 0 Å². The summed E-state index contributed by atoms with van der Waals surface area (Å²) in [4.78, 5) is 23.4. The molecule has 0 radical (unpaired) electrons. The Bertz CT molecular complexity index is 2010. The fourth-order valence-electron chi connectivity index (χ4n) is 6.01. The number of likely N-dealkylation sites (tertiary alicyclic amines) is 1. The van der Waals surface area contributed by atoms with E-state index >= 15 is 8.78 Å². The van der Waals surface area contributed by atoms with Crippen LogP contribution in [-0.2, 0) is 25.5 Å². The third-order valence-electron chi connectivity index (χ3n) is 8.81. The lowest BCUT2D eigenvalue weighted by Crippen LogP contribution is -2.56. The second-order valence-corrected chi connectivity index (χ2v) is 14.7. The van der Waals surface area contributed by atoms with Gasteiger partial charge in [0.05, 0.1) is 11.0 Å². The van der Waals surface area contributed by atoms with E-state index in [0.29, 0.717) is 28.1 Å². The molecular formula is C36H35ClF5N3O6S. The molecular weight excluding hydrogens is 733 g/mol. The quantitative estimate of drug-likeness (QED) is 0.154. The van der Waals surface area contributed by atoms with E-state index in [1.54, 1.807) is 42.5 Å². The highest BCUT2D eigenvalue weighted by atomic mass is 35.5. The molecule has 2 fully saturated rings. The van der Waals surface area contributed by atoms with Gasteiger partial charge in [0.15, 0.2) is 6.04 Å². The number of alkyl halides is 5. The minimum Gasteiger partial charge on any atom is -0.490 e. The normalized spacial score (nSPS) is 17.4. The number of nitrogens with zero attached hydrogens (tertiary/aromatic N) is 1. The summed E-state index contributed by atoms with van der Waals surface area (Å²) in [5, 5.41) is 9.01. The standard InChI is InChI=1S/C34H34ClF2N3O4S.C2HF3O2/c35-27-13-7-23(8-14-27)22-5-11-26(12-6-22)34(36,37)32(33(41)40-18-17-28(38)21-40)39-45(42,43)31-16-10-24-19-30(15-9-25(24)20-31)44-29-3-1-2-4-29;3-2(4,5)1(6)7/h5-16,19-20,28-29,32,39H,1-4,17-18,21,38H2;(H,6,7)/t28-,32?;/m0./s1. The van der Waals surface area contributed by atoms with Gasteiger partial charge in [-0.3, -0.25) is 4.79 Å². The smallest absolute Gasteiger partial charge is 0.490 e. The van der Waals surface area contributed by atoms with Gasteiger partial charge in [-0.25, -0.2) is 13.2 Å². The molecule has 52 heavy (non-hydrogen) atoms. The van der Waals surface area contributed by atoms with E-state index < -0.39 is 45.6 Å². The Kier molecular flexibility index (Phi) is 11.8. The Labute approximate surface area is 301 Å². The van der Waals surface area contributed by atoms with Crippen LogP contribution in [0, 0.1) is 0 Å². The molecule has 4 aromatic carbocycles. The number of halogens is 6. The van der Waals surface area contributed by atoms with Crippen molar-refractivity contribution >= 4 is 44.3 Å². The fraction of sp³-hybridized carbons (Fsp3) is 0.333. The Morgan fingerprint density at radius 3 is 1.98 bits per heavy atom. The second kappa shape index (κ2) is 15.7. The first-order valence-electron chi connectivity index (χ1n) is 16.3. The minimum absolute atomic E-state index is 0.0594. The zero-order valence-corrected chi connectivity index (χ0v) is 29.0. The number of nitrogens with two attached hydrogens (primary N) is 1. The summed E-state index contributed by atoms with van der Waals surface area (Å²) >= 11 is 5.97. The summed E-state index contributed by atoms with van der Waals surface area (Å²) in [5.41, 5.74) is 6.88. The number of ether oxygens (including phenoxy) is 1. The van der Waals surface area contributed by atoms with Crippen molar-refractivity contribution in [2.75, 3.05) is 13.1 Å². The Hall–Kier alpha value is -4.31. The van der Waals surface area contributed by atoms with Gasteiger partial charge in [0, 0.05) is 29.7 Å². The van der Waals surface area contributed by atoms with E-state index in [1.165, 1.54) is 41.3 Å². The highest BCUT2D eigenvalue weighted by molar-refractivity contribution is 7.89. The molecule has 0 aromatic heterocycles. The molecule has 1 saturated carbocycles. The first kappa shape index (κ1) is 38.9. The number of aliphatic carboxylic acids is 1. The van der Waals surface area contributed by atoms with Crippen LogP contribution in [0.4, 0.5) is 22.0 Å². The average Bonchev–Trinajstić information content (AvgIpc) is 3.78. The number of rotatable bonds is 9. The number of carbonyl (C=O) groups is 2. The Morgan fingerprint density at radius 2 is 1.42 bits per heavy atom. The predicted molar refractivity (Wildman–Crippen MR) is 185 cm³/mol. The molecule has 1 aliphatic heterocycles. The fourth-order valence-corrected chi connectivity index (χ4v) is 7.36. The number of benzene rings is 4. The summed E-state index contributed by atoms with van der Waals surface area (Å²) in [7, 11) is -4.57. The van der Waals surface area contributed by atoms with Crippen LogP contribution in [0.25, 0.3) is 21.9 Å². The third kappa shape index (κ3) is 9.37. The minimum atomic E-state index is -5.08. The van der Waals surface area contributed by atoms with E-state index in [4.69, 9.17) is 32.0 Å². The van der Waals surface area contributed by atoms with Crippen LogP contribution in [0.1, 0.15) is 37.7 Å². The number of sulfonamides is 1. The summed E-state index contributed by atoms with van der Waals surface area (Å²) in [6, 6.07) is 19.3. The summed E-state index contributed by atoms with van der Waals surface area (Å²) < 4.78 is 99.7. The zero-order chi connectivity index (χ0) is 37.8. The first-order valence-corrected chi connectivity index (χ1v) is 18.1. The van der Waals surface area contributed by atoms with Crippen LogP contribution in [0.2, 0.25) is 5.02 Å². The van der Waals surface area contributed by atoms with Crippen molar-refractivity contribution in [3.63, 3.8) is 0 Å². The van der Waals surface area contributed by atoms with E-state index in [0.717, 1.165) is 36.6 Å². The van der Waals surface area contributed by atoms with Gasteiger partial charge in [0.25, 0.3) is 5.92 Å². The number of fused-ring (bicyclic) bond motifs is 1. The number of carboxylic acid groups (broad SMARTS) is 1. The average molecular weight is 768 g/mol. The molecule has 6 rings (SSSR count). The number of amides is 1. The SMILES string of the molecule is N[C@H]1CCN(C(=O)C(NS(=O)(=O)c2ccc3cc(OC4CCCC4)ccc3c2)C(F)(F)c2ccc(-c3ccc(Cl)cc3)cc2)C1.O=C(O)C(F)(F)F. The molecule has 0 spiro atoms. The monoisotopic (exact) mass is 767 g/mol. The lowest BCUT2D eigenvalue weighted by molar-refractivity contribution is -0.192. The second-order valence-electron chi connectivity index (χ2n) is 12.6. The number of hydrogen-bond donors (Lipinski definition) is 3. The van der Waals surface area contributed by atoms with E-state index in [1.807, 2.05) is 6.07 Å². The lowest BCUT2D eigenvalue weighted by atomic mass is 9.97. The molecule has 1 heterocycles. The maximum Gasteiger partial charge on any atom is 0.490 e. The van der Waals surface area contributed by atoms with Gasteiger partial charge >= 0.3 is 12.1 Å². The van der Waals surface area contributed by atoms with Gasteiger partial charge in [-0.1, -0.05) is 60.1 Å². The van der Waals surface area contributed by atoms with Crippen LogP contribution in [0.15, 0.2) is 89.8 Å². The van der Waals surface area contributed by atoms with Gasteiger partial charge in [-0.15, -0.1) is 0 Å². The molecule has 4 aromatic rings. The Morgan fingerprint density at radius 1 is 0.865 bits per heavy atom. The Balaban J connectivity index is 0.000000679. The summed E-state index contributed by atoms with van der Waals surface area (Å²) in [6.45, 7) is 0.217. The molecule has 16 heteroatoms. The molecule has 2 aliphatic rings. The van der Waals surface area contributed by atoms with Crippen molar-refractivity contribution in [2.24, 2.45) is 5.73 Å². The van der Waals surface area contributed by atoms with Crippen molar-refractivity contribution in [3.8, 4) is 16.9 Å². The van der Waals surface area contributed by atoms with Gasteiger partial charge in [0.2, 0.25) is 15.9 Å². The van der Waals surface area contributed by atoms with Gasteiger partial charge < -0.3 is 20.5 Å². The van der Waals surface area contributed by atoms with Crippen molar-refractivity contribution in [2.45, 2.75) is 67.3 Å². The maximum absolute atomic E-state index is 16.3. The van der Waals surface area contributed by atoms with E-state index in [9.17, 15) is 26.4 Å². The van der Waals surface area contributed by atoms with Gasteiger partial charge in [0.1, 0.15) is 5.75 Å². The molecule has 0 bridgehead atoms. The van der Waals surface area contributed by atoms with Crippen LogP contribution >= 0.6 is 11.6 Å². The highest BCUT2D eigenvalue weighted by Gasteiger charge is 2.50. The number of carboxylic acids is 1. The lowest BCUT2D eigenvalue weighted by Gasteiger charge is -2.30. The topological polar surface area (TPSA) is 139 Å². The first-order chi connectivity index (χ1) is 24.4. The third-order valence-corrected chi connectivity index (χ3v) is 10.5. The van der Waals surface area contributed by atoms with Crippen molar-refractivity contribution in [3.05, 3.63) is 95.5 Å². The van der Waals surface area contributed by atoms with Crippen LogP contribution in [0.3, 0.4) is 0 Å².